The fourth-order valence-electron chi connectivity index (χ4n) is 3.33. The molecule has 1 aliphatic rings. The van der Waals surface area contributed by atoms with E-state index >= 15 is 0 Å². The van der Waals surface area contributed by atoms with Gasteiger partial charge in [-0.15, -0.1) is 0 Å². The Morgan fingerprint density at radius 3 is 2.41 bits per heavy atom. The number of esters is 1. The van der Waals surface area contributed by atoms with Gasteiger partial charge in [-0.3, -0.25) is 9.78 Å². The highest BCUT2D eigenvalue weighted by Gasteiger charge is 2.27. The molecule has 1 fully saturated rings. The summed E-state index contributed by atoms with van der Waals surface area (Å²) in [5, 5.41) is 2.68. The maximum absolute atomic E-state index is 13.1. The SMILES string of the molecule is COC(=O)c1ccc(C(=O)Nc2cc(S(=O)(=O)N3CCCCC3)ccc2OC(C)C)nc1. The van der Waals surface area contributed by atoms with Crippen molar-refractivity contribution >= 4 is 27.6 Å². The predicted octanol–water partition coefficient (Wildman–Crippen LogP) is 3.08. The number of hydrogen-bond acceptors (Lipinski definition) is 7. The van der Waals surface area contributed by atoms with E-state index in [1.54, 1.807) is 6.07 Å². The molecule has 9 nitrogen and oxygen atoms in total. The monoisotopic (exact) mass is 461 g/mol. The molecule has 3 rings (SSSR count). The van der Waals surface area contributed by atoms with E-state index in [-0.39, 0.29) is 27.9 Å². The topological polar surface area (TPSA) is 115 Å². The number of amides is 1. The first-order valence-corrected chi connectivity index (χ1v) is 11.8. The molecule has 1 amide bonds. The minimum Gasteiger partial charge on any atom is -0.489 e. The lowest BCUT2D eigenvalue weighted by Crippen LogP contribution is -2.35. The van der Waals surface area contributed by atoms with E-state index in [0.29, 0.717) is 18.8 Å². The predicted molar refractivity (Wildman–Crippen MR) is 118 cm³/mol. The van der Waals surface area contributed by atoms with Crippen LogP contribution in [-0.4, -0.2) is 55.9 Å². The van der Waals surface area contributed by atoms with Gasteiger partial charge in [0.1, 0.15) is 11.4 Å². The maximum atomic E-state index is 13.1. The minimum absolute atomic E-state index is 0.0532. The quantitative estimate of drug-likeness (QED) is 0.630. The summed E-state index contributed by atoms with van der Waals surface area (Å²) < 4.78 is 38.0. The number of aromatic nitrogens is 1. The number of carbonyl (C=O) groups excluding carboxylic acids is 2. The van der Waals surface area contributed by atoms with Crippen molar-refractivity contribution in [2.24, 2.45) is 0 Å². The van der Waals surface area contributed by atoms with Crippen LogP contribution >= 0.6 is 0 Å². The number of rotatable bonds is 7. The Morgan fingerprint density at radius 2 is 1.81 bits per heavy atom. The van der Waals surface area contributed by atoms with Crippen molar-refractivity contribution in [3.8, 4) is 5.75 Å². The molecule has 2 aromatic rings. The summed E-state index contributed by atoms with van der Waals surface area (Å²) in [6.45, 7) is 4.61. The van der Waals surface area contributed by atoms with Gasteiger partial charge in [0.25, 0.3) is 5.91 Å². The van der Waals surface area contributed by atoms with Gasteiger partial charge in [-0.25, -0.2) is 13.2 Å². The van der Waals surface area contributed by atoms with Crippen molar-refractivity contribution in [1.82, 2.24) is 9.29 Å². The summed E-state index contributed by atoms with van der Waals surface area (Å²) in [6, 6.07) is 7.25. The molecule has 0 radical (unpaired) electrons. The highest BCUT2D eigenvalue weighted by atomic mass is 32.2. The molecule has 10 heteroatoms. The summed E-state index contributed by atoms with van der Waals surface area (Å²) in [6.07, 6.45) is 3.71. The summed E-state index contributed by atoms with van der Waals surface area (Å²) >= 11 is 0. The van der Waals surface area contributed by atoms with E-state index in [2.05, 4.69) is 15.0 Å². The lowest BCUT2D eigenvalue weighted by atomic mass is 10.2. The third-order valence-corrected chi connectivity index (χ3v) is 6.83. The molecule has 1 aliphatic heterocycles. The number of benzene rings is 1. The van der Waals surface area contributed by atoms with Crippen LogP contribution in [0.25, 0.3) is 0 Å². The second-order valence-corrected chi connectivity index (χ2v) is 9.61. The number of methoxy groups -OCH3 is 1. The molecular weight excluding hydrogens is 434 g/mol. The number of anilines is 1. The molecule has 172 valence electrons. The number of carbonyl (C=O) groups is 2. The third kappa shape index (κ3) is 5.43. The zero-order chi connectivity index (χ0) is 23.3. The van der Waals surface area contributed by atoms with Crippen LogP contribution < -0.4 is 10.1 Å². The number of pyridine rings is 1. The van der Waals surface area contributed by atoms with Crippen LogP contribution in [0.4, 0.5) is 5.69 Å². The van der Waals surface area contributed by atoms with Gasteiger partial charge in [-0.2, -0.15) is 4.31 Å². The van der Waals surface area contributed by atoms with Gasteiger partial charge in [-0.05, 0) is 57.0 Å². The van der Waals surface area contributed by atoms with E-state index in [1.165, 1.54) is 41.9 Å². The normalized spacial score (nSPS) is 14.8. The second kappa shape index (κ2) is 10.1. The number of ether oxygens (including phenoxy) is 2. The third-order valence-electron chi connectivity index (χ3n) is 4.93. The molecule has 0 aliphatic carbocycles. The molecule has 1 N–H and O–H groups in total. The van der Waals surface area contributed by atoms with Crippen LogP contribution in [0.2, 0.25) is 0 Å². The Bertz CT molecular complexity index is 1080. The molecular formula is C22H27N3O6S. The van der Waals surface area contributed by atoms with Crippen LogP contribution in [0, 0.1) is 0 Å². The number of hydrogen-bond donors (Lipinski definition) is 1. The largest absolute Gasteiger partial charge is 0.489 e. The summed E-state index contributed by atoms with van der Waals surface area (Å²) in [4.78, 5) is 28.4. The fourth-order valence-corrected chi connectivity index (χ4v) is 4.88. The van der Waals surface area contributed by atoms with Crippen molar-refractivity contribution in [3.05, 3.63) is 47.8 Å². The van der Waals surface area contributed by atoms with Crippen molar-refractivity contribution in [1.29, 1.82) is 0 Å². The first-order chi connectivity index (χ1) is 15.2. The Hall–Kier alpha value is -2.98. The lowest BCUT2D eigenvalue weighted by molar-refractivity contribution is 0.0600. The Morgan fingerprint density at radius 1 is 1.09 bits per heavy atom. The van der Waals surface area contributed by atoms with Crippen molar-refractivity contribution in [3.63, 3.8) is 0 Å². The molecule has 0 spiro atoms. The summed E-state index contributed by atoms with van der Waals surface area (Å²) in [7, 11) is -2.43. The van der Waals surface area contributed by atoms with Gasteiger partial charge in [0, 0.05) is 19.3 Å². The molecule has 2 heterocycles. The first kappa shape index (κ1) is 23.7. The smallest absolute Gasteiger partial charge is 0.339 e. The Labute approximate surface area is 187 Å². The van der Waals surface area contributed by atoms with E-state index < -0.39 is 21.9 Å². The zero-order valence-electron chi connectivity index (χ0n) is 18.3. The van der Waals surface area contributed by atoms with Crippen LogP contribution in [0.5, 0.6) is 5.75 Å². The molecule has 1 saturated heterocycles. The van der Waals surface area contributed by atoms with Gasteiger partial charge >= 0.3 is 5.97 Å². The van der Waals surface area contributed by atoms with Crippen LogP contribution in [-0.2, 0) is 14.8 Å². The molecule has 0 atom stereocenters. The summed E-state index contributed by atoms with van der Waals surface area (Å²) in [5.41, 5.74) is 0.487. The van der Waals surface area contributed by atoms with Gasteiger partial charge < -0.3 is 14.8 Å². The van der Waals surface area contributed by atoms with Crippen LogP contribution in [0.1, 0.15) is 54.0 Å². The highest BCUT2D eigenvalue weighted by molar-refractivity contribution is 7.89. The van der Waals surface area contributed by atoms with Crippen molar-refractivity contribution in [2.75, 3.05) is 25.5 Å². The number of piperidine rings is 1. The molecule has 0 unspecified atom stereocenters. The average molecular weight is 462 g/mol. The summed E-state index contributed by atoms with van der Waals surface area (Å²) in [5.74, 6) is -0.785. The van der Waals surface area contributed by atoms with E-state index in [0.717, 1.165) is 19.3 Å². The maximum Gasteiger partial charge on any atom is 0.339 e. The highest BCUT2D eigenvalue weighted by Crippen LogP contribution is 2.31. The lowest BCUT2D eigenvalue weighted by Gasteiger charge is -2.26. The number of nitrogens with one attached hydrogen (secondary N) is 1. The Balaban J connectivity index is 1.89. The minimum atomic E-state index is -3.69. The van der Waals surface area contributed by atoms with Gasteiger partial charge in [0.15, 0.2) is 0 Å². The molecule has 32 heavy (non-hydrogen) atoms. The molecule has 1 aromatic heterocycles. The van der Waals surface area contributed by atoms with Gasteiger partial charge in [-0.1, -0.05) is 6.42 Å². The van der Waals surface area contributed by atoms with Gasteiger partial charge in [0.05, 0.1) is 29.4 Å². The van der Waals surface area contributed by atoms with Crippen LogP contribution in [0.15, 0.2) is 41.4 Å². The zero-order valence-corrected chi connectivity index (χ0v) is 19.1. The van der Waals surface area contributed by atoms with Crippen molar-refractivity contribution in [2.45, 2.75) is 44.1 Å². The van der Waals surface area contributed by atoms with E-state index in [9.17, 15) is 18.0 Å². The van der Waals surface area contributed by atoms with Crippen molar-refractivity contribution < 1.29 is 27.5 Å². The molecule has 1 aromatic carbocycles. The van der Waals surface area contributed by atoms with E-state index in [4.69, 9.17) is 4.74 Å². The molecule has 0 bridgehead atoms. The average Bonchev–Trinajstić information content (AvgIpc) is 2.80. The Kier molecular flexibility index (Phi) is 7.47. The second-order valence-electron chi connectivity index (χ2n) is 7.67. The van der Waals surface area contributed by atoms with Crippen LogP contribution in [0.3, 0.4) is 0 Å². The van der Waals surface area contributed by atoms with Gasteiger partial charge in [0.2, 0.25) is 10.0 Å². The fraction of sp³-hybridized carbons (Fsp3) is 0.409. The number of nitrogens with zero attached hydrogens (tertiary/aromatic N) is 2. The van der Waals surface area contributed by atoms with E-state index in [1.807, 2.05) is 13.8 Å². The molecule has 0 saturated carbocycles. The first-order valence-electron chi connectivity index (χ1n) is 10.4. The standard InChI is InChI=1S/C22H27N3O6S/c1-15(2)31-20-10-8-17(32(28,29)25-11-5-4-6-12-25)13-19(20)24-21(26)18-9-7-16(14-23-18)22(27)30-3/h7-10,13-15H,4-6,11-12H2,1-3H3,(H,24,26). The number of sulfonamides is 1.